The van der Waals surface area contributed by atoms with Gasteiger partial charge in [0.15, 0.2) is 0 Å². The second kappa shape index (κ2) is 4.76. The first-order valence-electron chi connectivity index (χ1n) is 7.42. The largest absolute Gasteiger partial charge is 0.329 e. The molecule has 2 fully saturated rings. The fourth-order valence-corrected chi connectivity index (χ4v) is 3.72. The molecule has 2 aliphatic rings. The molecule has 0 aromatic carbocycles. The van der Waals surface area contributed by atoms with E-state index in [1.165, 1.54) is 4.57 Å². The Kier molecular flexibility index (Phi) is 3.32. The van der Waals surface area contributed by atoms with Gasteiger partial charge in [-0.1, -0.05) is 38.3 Å². The molecule has 110 valence electrons. The Balaban J connectivity index is 1.99. The average Bonchev–Trinajstić information content (AvgIpc) is 2.78. The van der Waals surface area contributed by atoms with Crippen LogP contribution in [0.15, 0.2) is 9.59 Å². The minimum absolute atomic E-state index is 0.173. The molecule has 5 heteroatoms. The molecule has 1 unspecified atom stereocenters. The molecular weight excluding hydrogens is 276 g/mol. The quantitative estimate of drug-likeness (QED) is 0.872. The summed E-state index contributed by atoms with van der Waals surface area (Å²) in [6.07, 6.45) is 5.33. The van der Waals surface area contributed by atoms with Gasteiger partial charge in [0, 0.05) is 6.54 Å². The predicted octanol–water partition coefficient (Wildman–Crippen LogP) is 2.89. The molecule has 0 radical (unpaired) electrons. The topological polar surface area (TPSA) is 54.9 Å². The van der Waals surface area contributed by atoms with Crippen molar-refractivity contribution in [3.05, 3.63) is 31.6 Å². The van der Waals surface area contributed by atoms with E-state index in [0.717, 1.165) is 32.1 Å². The first kappa shape index (κ1) is 13.9. The van der Waals surface area contributed by atoms with Crippen LogP contribution in [-0.2, 0) is 6.54 Å². The Morgan fingerprint density at radius 3 is 2.45 bits per heavy atom. The van der Waals surface area contributed by atoms with E-state index < -0.39 is 0 Å². The normalized spacial score (nSPS) is 25.1. The summed E-state index contributed by atoms with van der Waals surface area (Å²) in [7, 11) is 0. The van der Waals surface area contributed by atoms with Gasteiger partial charge in [-0.05, 0) is 36.5 Å². The Hall–Kier alpha value is -1.03. The molecule has 0 bridgehead atoms. The van der Waals surface area contributed by atoms with Crippen LogP contribution in [0.1, 0.15) is 57.4 Å². The van der Waals surface area contributed by atoms with Crippen LogP contribution in [0.4, 0.5) is 0 Å². The zero-order valence-corrected chi connectivity index (χ0v) is 12.8. The molecule has 3 rings (SSSR count). The molecule has 1 heterocycles. The molecule has 4 nitrogen and oxygen atoms in total. The number of aromatic amines is 1. The first-order valence-corrected chi connectivity index (χ1v) is 7.80. The molecule has 0 amide bonds. The molecule has 20 heavy (non-hydrogen) atoms. The van der Waals surface area contributed by atoms with Crippen LogP contribution in [0.2, 0.25) is 5.15 Å². The molecule has 2 saturated carbocycles. The van der Waals surface area contributed by atoms with E-state index in [9.17, 15) is 9.59 Å². The number of hydrogen-bond acceptors (Lipinski definition) is 2. The van der Waals surface area contributed by atoms with Crippen LogP contribution in [0.3, 0.4) is 0 Å². The van der Waals surface area contributed by atoms with Gasteiger partial charge in [0.2, 0.25) is 0 Å². The summed E-state index contributed by atoms with van der Waals surface area (Å²) in [5.41, 5.74) is 0.332. The van der Waals surface area contributed by atoms with Crippen LogP contribution < -0.4 is 11.2 Å². The fraction of sp³-hybridized carbons (Fsp3) is 0.733. The first-order chi connectivity index (χ1) is 9.40. The number of H-pyrrole nitrogens is 1. The highest BCUT2D eigenvalue weighted by Gasteiger charge is 2.46. The predicted molar refractivity (Wildman–Crippen MR) is 79.4 cm³/mol. The second-order valence-electron chi connectivity index (χ2n) is 6.94. The van der Waals surface area contributed by atoms with Gasteiger partial charge in [-0.2, -0.15) is 0 Å². The maximum absolute atomic E-state index is 12.6. The summed E-state index contributed by atoms with van der Waals surface area (Å²) in [5.74, 6) is 0.629. The number of hydrogen-bond donors (Lipinski definition) is 1. The summed E-state index contributed by atoms with van der Waals surface area (Å²) >= 11 is 6.13. The molecule has 0 aliphatic heterocycles. The van der Waals surface area contributed by atoms with Gasteiger partial charge in [-0.15, -0.1) is 0 Å². The van der Waals surface area contributed by atoms with E-state index in [0.29, 0.717) is 18.0 Å². The van der Waals surface area contributed by atoms with Gasteiger partial charge >= 0.3 is 5.69 Å². The Morgan fingerprint density at radius 2 is 1.90 bits per heavy atom. The van der Waals surface area contributed by atoms with Crippen molar-refractivity contribution in [2.75, 3.05) is 0 Å². The van der Waals surface area contributed by atoms with Crippen LogP contribution in [0.25, 0.3) is 0 Å². The van der Waals surface area contributed by atoms with Crippen molar-refractivity contribution in [1.82, 2.24) is 9.55 Å². The van der Waals surface area contributed by atoms with E-state index in [-0.39, 0.29) is 27.7 Å². The summed E-state index contributed by atoms with van der Waals surface area (Å²) < 4.78 is 1.36. The third-order valence-electron chi connectivity index (χ3n) is 5.06. The Bertz CT molecular complexity index is 638. The Labute approximate surface area is 123 Å². The van der Waals surface area contributed by atoms with Crippen LogP contribution in [0.5, 0.6) is 0 Å². The lowest BCUT2D eigenvalue weighted by Gasteiger charge is -2.14. The molecule has 1 aromatic heterocycles. The average molecular weight is 297 g/mol. The van der Waals surface area contributed by atoms with E-state index >= 15 is 0 Å². The molecule has 2 aliphatic carbocycles. The highest BCUT2D eigenvalue weighted by Crippen LogP contribution is 2.52. The second-order valence-corrected chi connectivity index (χ2v) is 7.32. The lowest BCUT2D eigenvalue weighted by Crippen LogP contribution is -2.38. The monoisotopic (exact) mass is 296 g/mol. The van der Waals surface area contributed by atoms with Crippen molar-refractivity contribution >= 4 is 11.6 Å². The maximum Gasteiger partial charge on any atom is 0.329 e. The van der Waals surface area contributed by atoms with Crippen molar-refractivity contribution in [1.29, 1.82) is 0 Å². The van der Waals surface area contributed by atoms with Crippen molar-refractivity contribution in [3.63, 3.8) is 0 Å². The smallest absolute Gasteiger partial charge is 0.297 e. The lowest BCUT2D eigenvalue weighted by atomic mass is 10.0. The van der Waals surface area contributed by atoms with Gasteiger partial charge in [0.1, 0.15) is 5.15 Å². The summed E-state index contributed by atoms with van der Waals surface area (Å²) in [4.78, 5) is 27.3. The number of rotatable bonds is 3. The van der Waals surface area contributed by atoms with Gasteiger partial charge in [0.05, 0.1) is 5.56 Å². The van der Waals surface area contributed by atoms with Crippen LogP contribution in [-0.4, -0.2) is 9.55 Å². The van der Waals surface area contributed by atoms with Gasteiger partial charge < -0.3 is 0 Å². The number of aromatic nitrogens is 2. The highest BCUT2D eigenvalue weighted by atomic mass is 35.5. The van der Waals surface area contributed by atoms with Crippen molar-refractivity contribution in [3.8, 4) is 0 Å². The van der Waals surface area contributed by atoms with E-state index in [1.807, 2.05) is 0 Å². The number of nitrogens with zero attached hydrogens (tertiary/aromatic N) is 1. The van der Waals surface area contributed by atoms with E-state index in [2.05, 4.69) is 18.8 Å². The number of nitrogens with one attached hydrogen (secondary N) is 1. The van der Waals surface area contributed by atoms with Gasteiger partial charge in [0.25, 0.3) is 5.56 Å². The minimum Gasteiger partial charge on any atom is -0.297 e. The molecule has 0 spiro atoms. The maximum atomic E-state index is 12.6. The molecule has 0 saturated heterocycles. The zero-order chi connectivity index (χ0) is 14.5. The van der Waals surface area contributed by atoms with Crippen molar-refractivity contribution in [2.24, 2.45) is 11.3 Å². The highest BCUT2D eigenvalue weighted by molar-refractivity contribution is 6.30. The van der Waals surface area contributed by atoms with Gasteiger partial charge in [-0.25, -0.2) is 4.79 Å². The molecule has 1 atom stereocenters. The summed E-state index contributed by atoms with van der Waals surface area (Å²) in [6.45, 7) is 4.85. The molecule has 1 aromatic rings. The number of halogens is 1. The third-order valence-corrected chi connectivity index (χ3v) is 5.36. The van der Waals surface area contributed by atoms with Crippen molar-refractivity contribution < 1.29 is 0 Å². The van der Waals surface area contributed by atoms with Crippen LogP contribution >= 0.6 is 11.6 Å². The van der Waals surface area contributed by atoms with Crippen molar-refractivity contribution in [2.45, 2.75) is 58.4 Å². The zero-order valence-electron chi connectivity index (χ0n) is 12.0. The Morgan fingerprint density at radius 1 is 1.30 bits per heavy atom. The van der Waals surface area contributed by atoms with E-state index in [1.54, 1.807) is 0 Å². The lowest BCUT2D eigenvalue weighted by molar-refractivity contribution is 0.474. The third kappa shape index (κ3) is 2.34. The summed E-state index contributed by atoms with van der Waals surface area (Å²) in [6, 6.07) is 0. The standard InChI is InChI=1S/C15H21ClN2O2/c1-15(2)7-10(15)8-18-13(19)11(9-5-3-4-6-9)12(16)17-14(18)20/h9-10H,3-8H2,1-2H3,(H,17,20). The summed E-state index contributed by atoms with van der Waals surface area (Å²) in [5, 5.41) is 0.248. The van der Waals surface area contributed by atoms with Crippen LogP contribution in [0, 0.1) is 11.3 Å². The minimum atomic E-state index is -0.371. The van der Waals surface area contributed by atoms with Gasteiger partial charge in [-0.3, -0.25) is 14.3 Å². The SMILES string of the molecule is CC1(C)CC1Cn1c(=O)[nH]c(Cl)c(C2CCCC2)c1=O. The molecular formula is C15H21ClN2O2. The fourth-order valence-electron chi connectivity index (χ4n) is 3.40. The molecule has 1 N–H and O–H groups in total. The van der Waals surface area contributed by atoms with E-state index in [4.69, 9.17) is 11.6 Å².